The van der Waals surface area contributed by atoms with Crippen LogP contribution in [0.3, 0.4) is 0 Å². The number of likely N-dealkylation sites (N-methyl/N-ethyl adjacent to an activating group) is 1. The molecule has 0 amide bonds. The fraction of sp³-hybridized carbons (Fsp3) is 0.538. The highest BCUT2D eigenvalue weighted by molar-refractivity contribution is 7.89. The first-order valence-electron chi connectivity index (χ1n) is 6.19. The van der Waals surface area contributed by atoms with Gasteiger partial charge in [0, 0.05) is 20.1 Å². The van der Waals surface area contributed by atoms with Gasteiger partial charge >= 0.3 is 0 Å². The molecule has 1 aromatic carbocycles. The van der Waals surface area contributed by atoms with E-state index < -0.39 is 15.6 Å². The summed E-state index contributed by atoms with van der Waals surface area (Å²) in [5.74, 6) is 0. The van der Waals surface area contributed by atoms with Crippen LogP contribution in [-0.2, 0) is 10.0 Å². The molecule has 0 aliphatic carbocycles. The molecule has 0 aliphatic rings. The first-order valence-corrected chi connectivity index (χ1v) is 7.68. The molecule has 1 aromatic rings. The maximum atomic E-state index is 12.1. The first-order chi connectivity index (χ1) is 8.67. The topological polar surface area (TPSA) is 69.6 Å². The summed E-state index contributed by atoms with van der Waals surface area (Å²) in [6.07, 6.45) is 0. The van der Waals surface area contributed by atoms with Crippen molar-refractivity contribution in [3.05, 3.63) is 24.3 Å². The Kier molecular flexibility index (Phi) is 4.95. The van der Waals surface area contributed by atoms with Gasteiger partial charge in [0.05, 0.1) is 11.3 Å². The van der Waals surface area contributed by atoms with Crippen molar-refractivity contribution in [1.82, 2.24) is 4.72 Å². The second kappa shape index (κ2) is 5.90. The molecule has 0 spiro atoms. The average molecular weight is 286 g/mol. The van der Waals surface area contributed by atoms with Crippen LogP contribution in [0.15, 0.2) is 29.2 Å². The third-order valence-corrected chi connectivity index (χ3v) is 4.12. The van der Waals surface area contributed by atoms with Crippen LogP contribution in [0.1, 0.15) is 20.8 Å². The van der Waals surface area contributed by atoms with Crippen molar-refractivity contribution >= 4 is 15.7 Å². The molecule has 0 aromatic heterocycles. The molecular weight excluding hydrogens is 264 g/mol. The lowest BCUT2D eigenvalue weighted by Gasteiger charge is -2.28. The minimum atomic E-state index is -3.51. The Bertz CT molecular complexity index is 521. The minimum absolute atomic E-state index is 0.226. The van der Waals surface area contributed by atoms with Gasteiger partial charge in [0.25, 0.3) is 0 Å². The Labute approximate surface area is 115 Å². The van der Waals surface area contributed by atoms with E-state index in [1.54, 1.807) is 57.0 Å². The van der Waals surface area contributed by atoms with Gasteiger partial charge in [-0.3, -0.25) is 0 Å². The Balaban J connectivity index is 3.16. The fourth-order valence-corrected chi connectivity index (χ4v) is 3.23. The summed E-state index contributed by atoms with van der Waals surface area (Å²) in [7, 11) is -1.75. The number of benzene rings is 1. The van der Waals surface area contributed by atoms with E-state index in [-0.39, 0.29) is 4.90 Å². The quantitative estimate of drug-likeness (QED) is 0.824. The van der Waals surface area contributed by atoms with E-state index in [4.69, 9.17) is 0 Å². The maximum Gasteiger partial charge on any atom is 0.242 e. The molecule has 0 atom stereocenters. The van der Waals surface area contributed by atoms with Gasteiger partial charge in [0.2, 0.25) is 10.0 Å². The molecule has 0 fully saturated rings. The van der Waals surface area contributed by atoms with Crippen LogP contribution in [-0.4, -0.2) is 39.3 Å². The Morgan fingerprint density at radius 2 is 1.89 bits per heavy atom. The van der Waals surface area contributed by atoms with E-state index in [9.17, 15) is 13.5 Å². The number of rotatable bonds is 6. The molecular formula is C13H22N2O3S. The predicted molar refractivity (Wildman–Crippen MR) is 76.9 cm³/mol. The summed E-state index contributed by atoms with van der Waals surface area (Å²) >= 11 is 0. The van der Waals surface area contributed by atoms with Gasteiger partial charge in [-0.15, -0.1) is 0 Å². The molecule has 108 valence electrons. The third kappa shape index (κ3) is 4.49. The molecule has 0 radical (unpaired) electrons. The second-order valence-electron chi connectivity index (χ2n) is 5.14. The molecule has 0 unspecified atom stereocenters. The number of aliphatic hydroxyl groups is 1. The average Bonchev–Trinajstić information content (AvgIpc) is 2.26. The molecule has 2 N–H and O–H groups in total. The van der Waals surface area contributed by atoms with Crippen molar-refractivity contribution in [2.45, 2.75) is 31.3 Å². The van der Waals surface area contributed by atoms with Crippen LogP contribution in [0.2, 0.25) is 0 Å². The van der Waals surface area contributed by atoms with Gasteiger partial charge in [0.1, 0.15) is 4.90 Å². The van der Waals surface area contributed by atoms with Gasteiger partial charge < -0.3 is 10.0 Å². The monoisotopic (exact) mass is 286 g/mol. The zero-order valence-corrected chi connectivity index (χ0v) is 12.7. The van der Waals surface area contributed by atoms with Crippen LogP contribution < -0.4 is 9.62 Å². The lowest BCUT2D eigenvalue weighted by molar-refractivity contribution is 0.0885. The molecule has 0 saturated carbocycles. The van der Waals surface area contributed by atoms with E-state index in [2.05, 4.69) is 4.72 Å². The Morgan fingerprint density at radius 3 is 2.42 bits per heavy atom. The molecule has 0 heterocycles. The zero-order valence-electron chi connectivity index (χ0n) is 11.8. The van der Waals surface area contributed by atoms with Gasteiger partial charge in [0.15, 0.2) is 0 Å². The van der Waals surface area contributed by atoms with Crippen molar-refractivity contribution in [3.8, 4) is 0 Å². The van der Waals surface area contributed by atoms with Crippen LogP contribution in [0, 0.1) is 0 Å². The highest BCUT2D eigenvalue weighted by atomic mass is 32.2. The summed E-state index contributed by atoms with van der Waals surface area (Å²) < 4.78 is 26.7. The van der Waals surface area contributed by atoms with E-state index >= 15 is 0 Å². The maximum absolute atomic E-state index is 12.1. The molecule has 1 rings (SSSR count). The second-order valence-corrected chi connectivity index (χ2v) is 6.87. The number of sulfonamides is 1. The van der Waals surface area contributed by atoms with E-state index in [0.717, 1.165) is 0 Å². The Morgan fingerprint density at radius 1 is 1.32 bits per heavy atom. The SMILES string of the molecule is CCNS(=O)(=O)c1ccccc1N(C)CC(C)(C)O. The van der Waals surface area contributed by atoms with Crippen molar-refractivity contribution in [3.63, 3.8) is 0 Å². The summed E-state index contributed by atoms with van der Waals surface area (Å²) in [6, 6.07) is 6.76. The molecule has 5 nitrogen and oxygen atoms in total. The fourth-order valence-electron chi connectivity index (χ4n) is 1.93. The van der Waals surface area contributed by atoms with Crippen LogP contribution in [0.4, 0.5) is 5.69 Å². The molecule has 0 saturated heterocycles. The number of hydrogen-bond donors (Lipinski definition) is 2. The minimum Gasteiger partial charge on any atom is -0.389 e. The summed E-state index contributed by atoms with van der Waals surface area (Å²) in [6.45, 7) is 5.79. The molecule has 6 heteroatoms. The smallest absolute Gasteiger partial charge is 0.242 e. The van der Waals surface area contributed by atoms with Crippen molar-refractivity contribution in [2.75, 3.05) is 25.0 Å². The lowest BCUT2D eigenvalue weighted by Crippen LogP contribution is -2.37. The zero-order chi connectivity index (χ0) is 14.7. The first kappa shape index (κ1) is 15.9. The lowest BCUT2D eigenvalue weighted by atomic mass is 10.1. The molecule has 19 heavy (non-hydrogen) atoms. The van der Waals surface area contributed by atoms with E-state index in [1.807, 2.05) is 0 Å². The standard InChI is InChI=1S/C13H22N2O3S/c1-5-14-19(17,18)12-9-7-6-8-11(12)15(4)10-13(2,3)16/h6-9,14,16H,5,10H2,1-4H3. The van der Waals surface area contributed by atoms with Gasteiger partial charge in [-0.25, -0.2) is 13.1 Å². The van der Waals surface area contributed by atoms with E-state index in [0.29, 0.717) is 18.8 Å². The van der Waals surface area contributed by atoms with Crippen LogP contribution in [0.5, 0.6) is 0 Å². The highest BCUT2D eigenvalue weighted by Crippen LogP contribution is 2.25. The number of nitrogens with one attached hydrogen (secondary N) is 1. The summed E-state index contributed by atoms with van der Waals surface area (Å²) in [5, 5.41) is 9.84. The predicted octanol–water partition coefficient (Wildman–Crippen LogP) is 1.19. The van der Waals surface area contributed by atoms with Gasteiger partial charge in [-0.05, 0) is 26.0 Å². The van der Waals surface area contributed by atoms with Crippen molar-refractivity contribution < 1.29 is 13.5 Å². The summed E-state index contributed by atoms with van der Waals surface area (Å²) in [5.41, 5.74) is -0.324. The van der Waals surface area contributed by atoms with Crippen molar-refractivity contribution in [1.29, 1.82) is 0 Å². The number of hydrogen-bond acceptors (Lipinski definition) is 4. The molecule has 0 bridgehead atoms. The van der Waals surface area contributed by atoms with Crippen LogP contribution >= 0.6 is 0 Å². The number of nitrogens with zero attached hydrogens (tertiary/aromatic N) is 1. The molecule has 0 aliphatic heterocycles. The van der Waals surface area contributed by atoms with Gasteiger partial charge in [-0.2, -0.15) is 0 Å². The largest absolute Gasteiger partial charge is 0.389 e. The van der Waals surface area contributed by atoms with Crippen LogP contribution in [0.25, 0.3) is 0 Å². The summed E-state index contributed by atoms with van der Waals surface area (Å²) in [4.78, 5) is 1.97. The number of para-hydroxylation sites is 1. The normalized spacial score (nSPS) is 12.5. The van der Waals surface area contributed by atoms with Gasteiger partial charge in [-0.1, -0.05) is 19.1 Å². The van der Waals surface area contributed by atoms with E-state index in [1.165, 1.54) is 0 Å². The highest BCUT2D eigenvalue weighted by Gasteiger charge is 2.22. The number of anilines is 1. The third-order valence-electron chi connectivity index (χ3n) is 2.52. The van der Waals surface area contributed by atoms with Crippen molar-refractivity contribution in [2.24, 2.45) is 0 Å². The Hall–Kier alpha value is -1.11.